The summed E-state index contributed by atoms with van der Waals surface area (Å²) in [6.45, 7) is 1.70. The summed E-state index contributed by atoms with van der Waals surface area (Å²) in [7, 11) is -3.13. The third kappa shape index (κ3) is 6.75. The van der Waals surface area contributed by atoms with Crippen molar-refractivity contribution >= 4 is 22.1 Å². The Morgan fingerprint density at radius 3 is 2.45 bits per heavy atom. The van der Waals surface area contributed by atoms with Gasteiger partial charge in [-0.3, -0.25) is 0 Å². The molecular weight excluding hydrogens is 541 g/mol. The number of aromatic hydroxyl groups is 1. The van der Waals surface area contributed by atoms with Crippen molar-refractivity contribution in [3.8, 4) is 17.2 Å². The molecule has 0 saturated carbocycles. The maximum absolute atomic E-state index is 14.1. The maximum atomic E-state index is 14.1. The molecular formula is C28H32FN3O7S. The van der Waals surface area contributed by atoms with Crippen molar-refractivity contribution in [3.63, 3.8) is 0 Å². The van der Waals surface area contributed by atoms with Crippen LogP contribution in [0.1, 0.15) is 25.3 Å². The van der Waals surface area contributed by atoms with Gasteiger partial charge in [-0.25, -0.2) is 9.18 Å². The number of amides is 1. The summed E-state index contributed by atoms with van der Waals surface area (Å²) in [5, 5.41) is 23.6. The van der Waals surface area contributed by atoms with Crippen molar-refractivity contribution in [1.29, 1.82) is 0 Å². The van der Waals surface area contributed by atoms with E-state index in [1.807, 2.05) is 37.3 Å². The number of ether oxygens (including phenoxy) is 1. The van der Waals surface area contributed by atoms with Crippen LogP contribution in [-0.4, -0.2) is 60.9 Å². The topological polar surface area (TPSA) is 137 Å². The number of hydrogen-bond donors (Lipinski definition) is 4. The van der Waals surface area contributed by atoms with Crippen molar-refractivity contribution in [3.05, 3.63) is 84.2 Å². The zero-order chi connectivity index (χ0) is 29.0. The standard InChI is InChI=1S/C28H32FN3O7S/c1-27(17-20-8-4-3-5-9-20)18-28(14-15-32(27)26(34)35,31-22-11-6-10-21(29)16-22)19-30-40(36,37)39-24-13-7-12-23(38-2)25(24)33/h3-13,16,30-31,33H,14-15,17-19H2,1-2H3,(H,34,35)/t27-,28+/m0/s1. The smallest absolute Gasteiger partial charge is 0.407 e. The summed E-state index contributed by atoms with van der Waals surface area (Å²) < 4.78 is 52.6. The molecule has 1 fully saturated rings. The monoisotopic (exact) mass is 573 g/mol. The van der Waals surface area contributed by atoms with Gasteiger partial charge in [0.15, 0.2) is 11.5 Å². The Kier molecular flexibility index (Phi) is 8.40. The Bertz CT molecular complexity index is 1460. The molecule has 4 N–H and O–H groups in total. The van der Waals surface area contributed by atoms with Crippen LogP contribution in [0, 0.1) is 5.82 Å². The number of anilines is 1. The molecule has 40 heavy (non-hydrogen) atoms. The minimum absolute atomic E-state index is 0.0367. The van der Waals surface area contributed by atoms with Crippen molar-refractivity contribution < 1.29 is 36.7 Å². The van der Waals surface area contributed by atoms with E-state index in [9.17, 15) is 27.8 Å². The number of nitrogens with one attached hydrogen (secondary N) is 2. The number of benzene rings is 3. The molecule has 2 atom stereocenters. The lowest BCUT2D eigenvalue weighted by molar-refractivity contribution is 0.0334. The number of piperidine rings is 1. The van der Waals surface area contributed by atoms with E-state index in [1.54, 1.807) is 6.07 Å². The molecule has 0 spiro atoms. The largest absolute Gasteiger partial charge is 0.502 e. The van der Waals surface area contributed by atoms with E-state index in [1.165, 1.54) is 48.4 Å². The lowest BCUT2D eigenvalue weighted by Gasteiger charge is -2.52. The Morgan fingerprint density at radius 2 is 1.77 bits per heavy atom. The zero-order valence-corrected chi connectivity index (χ0v) is 22.9. The number of nitrogens with zero attached hydrogens (tertiary/aromatic N) is 1. The highest BCUT2D eigenvalue weighted by molar-refractivity contribution is 7.85. The number of halogens is 1. The molecule has 12 heteroatoms. The van der Waals surface area contributed by atoms with Crippen molar-refractivity contribution in [2.45, 2.75) is 37.3 Å². The van der Waals surface area contributed by atoms with Gasteiger partial charge >= 0.3 is 16.4 Å². The van der Waals surface area contributed by atoms with Crippen molar-refractivity contribution in [1.82, 2.24) is 9.62 Å². The van der Waals surface area contributed by atoms with Crippen LogP contribution in [0.25, 0.3) is 0 Å². The van der Waals surface area contributed by atoms with Crippen molar-refractivity contribution in [2.75, 3.05) is 25.5 Å². The van der Waals surface area contributed by atoms with E-state index in [0.29, 0.717) is 12.1 Å². The Balaban J connectivity index is 1.65. The third-order valence-corrected chi connectivity index (χ3v) is 7.94. The zero-order valence-electron chi connectivity index (χ0n) is 22.1. The minimum atomic E-state index is -4.46. The Hall–Kier alpha value is -4.03. The highest BCUT2D eigenvalue weighted by atomic mass is 32.2. The number of phenolic OH excluding ortho intramolecular Hbond substituents is 1. The van der Waals surface area contributed by atoms with E-state index in [4.69, 9.17) is 8.92 Å². The number of methoxy groups -OCH3 is 1. The van der Waals surface area contributed by atoms with E-state index < -0.39 is 39.0 Å². The highest BCUT2D eigenvalue weighted by Crippen LogP contribution is 2.40. The quantitative estimate of drug-likeness (QED) is 0.281. The summed E-state index contributed by atoms with van der Waals surface area (Å²) in [5.41, 5.74) is -0.647. The van der Waals surface area contributed by atoms with Crippen LogP contribution in [0.3, 0.4) is 0 Å². The number of likely N-dealkylation sites (tertiary alicyclic amines) is 1. The van der Waals surface area contributed by atoms with Gasteiger partial charge in [0.1, 0.15) is 5.82 Å². The van der Waals surface area contributed by atoms with Gasteiger partial charge in [0, 0.05) is 24.3 Å². The summed E-state index contributed by atoms with van der Waals surface area (Å²) in [6, 6.07) is 19.4. The fraction of sp³-hybridized carbons (Fsp3) is 0.321. The van der Waals surface area contributed by atoms with Gasteiger partial charge < -0.3 is 29.3 Å². The minimum Gasteiger partial charge on any atom is -0.502 e. The lowest BCUT2D eigenvalue weighted by Crippen LogP contribution is -2.65. The van der Waals surface area contributed by atoms with Crippen molar-refractivity contribution in [2.24, 2.45) is 0 Å². The number of phenols is 1. The Labute approximate surface area is 232 Å². The van der Waals surface area contributed by atoms with Gasteiger partial charge in [-0.15, -0.1) is 0 Å². The molecule has 4 rings (SSSR count). The van der Waals surface area contributed by atoms with E-state index in [-0.39, 0.29) is 37.4 Å². The van der Waals surface area contributed by atoms with Gasteiger partial charge in [-0.1, -0.05) is 42.5 Å². The average Bonchev–Trinajstić information content (AvgIpc) is 2.89. The van der Waals surface area contributed by atoms with Crippen LogP contribution in [-0.2, 0) is 16.7 Å². The van der Waals surface area contributed by atoms with Gasteiger partial charge in [0.25, 0.3) is 0 Å². The summed E-state index contributed by atoms with van der Waals surface area (Å²) in [4.78, 5) is 13.6. The lowest BCUT2D eigenvalue weighted by atomic mass is 9.73. The number of carboxylic acid groups (broad SMARTS) is 1. The molecule has 0 radical (unpaired) electrons. The molecule has 214 valence electrons. The molecule has 1 aliphatic rings. The maximum Gasteiger partial charge on any atom is 0.407 e. The first-order valence-corrected chi connectivity index (χ1v) is 14.0. The second kappa shape index (κ2) is 11.6. The molecule has 1 heterocycles. The van der Waals surface area contributed by atoms with E-state index >= 15 is 0 Å². The first-order valence-electron chi connectivity index (χ1n) is 12.6. The molecule has 0 aliphatic carbocycles. The highest BCUT2D eigenvalue weighted by Gasteiger charge is 2.49. The summed E-state index contributed by atoms with van der Waals surface area (Å²) >= 11 is 0. The SMILES string of the molecule is COc1cccc(OS(=O)(=O)NC[C@@]2(Nc3cccc(F)c3)CCN(C(=O)O)[C@@](C)(Cc3ccccc3)C2)c1O. The number of hydrogen-bond acceptors (Lipinski definition) is 7. The second-order valence-electron chi connectivity index (χ2n) is 10.1. The van der Waals surface area contributed by atoms with E-state index in [0.717, 1.165) is 5.56 Å². The van der Waals surface area contributed by atoms with Crippen LogP contribution >= 0.6 is 0 Å². The normalized spacial score (nSPS) is 21.0. The molecule has 10 nitrogen and oxygen atoms in total. The van der Waals surface area contributed by atoms with E-state index in [2.05, 4.69) is 10.0 Å². The van der Waals surface area contributed by atoms with Gasteiger partial charge in [-0.2, -0.15) is 13.1 Å². The van der Waals surface area contributed by atoms with Crippen LogP contribution in [0.15, 0.2) is 72.8 Å². The molecule has 1 aliphatic heterocycles. The third-order valence-electron chi connectivity index (χ3n) is 7.05. The van der Waals surface area contributed by atoms with Crippen LogP contribution in [0.2, 0.25) is 0 Å². The Morgan fingerprint density at radius 1 is 1.07 bits per heavy atom. The summed E-state index contributed by atoms with van der Waals surface area (Å²) in [6.07, 6.45) is -0.319. The fourth-order valence-corrected chi connectivity index (χ4v) is 6.19. The molecule has 1 saturated heterocycles. The molecule has 3 aromatic carbocycles. The average molecular weight is 574 g/mol. The summed E-state index contributed by atoms with van der Waals surface area (Å²) in [5.74, 6) is -1.25. The number of carbonyl (C=O) groups is 1. The predicted octanol–water partition coefficient (Wildman–Crippen LogP) is 4.38. The van der Waals surface area contributed by atoms with Crippen LogP contribution in [0.4, 0.5) is 14.9 Å². The van der Waals surface area contributed by atoms with Gasteiger partial charge in [-0.05, 0) is 62.1 Å². The fourth-order valence-electron chi connectivity index (χ4n) is 5.31. The van der Waals surface area contributed by atoms with Gasteiger partial charge in [0.2, 0.25) is 5.75 Å². The molecule has 0 bridgehead atoms. The molecule has 3 aromatic rings. The second-order valence-corrected chi connectivity index (χ2v) is 11.5. The first kappa shape index (κ1) is 29.0. The number of rotatable bonds is 10. The first-order chi connectivity index (χ1) is 18.9. The predicted molar refractivity (Wildman–Crippen MR) is 147 cm³/mol. The van der Waals surface area contributed by atoms with Crippen LogP contribution < -0.4 is 19.0 Å². The molecule has 0 unspecified atom stereocenters. The number of para-hydroxylation sites is 1. The molecule has 1 amide bonds. The van der Waals surface area contributed by atoms with Crippen LogP contribution in [0.5, 0.6) is 17.2 Å². The molecule has 0 aromatic heterocycles. The van der Waals surface area contributed by atoms with Gasteiger partial charge in [0.05, 0.1) is 12.6 Å².